The molecule has 0 amide bonds. The summed E-state index contributed by atoms with van der Waals surface area (Å²) in [4.78, 5) is 15.6. The second-order valence-corrected chi connectivity index (χ2v) is 25.6. The van der Waals surface area contributed by atoms with Gasteiger partial charge in [0, 0.05) is 99.7 Å². The molecule has 7 heteroatoms. The van der Waals surface area contributed by atoms with Crippen LogP contribution in [0, 0.1) is 0 Å². The summed E-state index contributed by atoms with van der Waals surface area (Å²) >= 11 is 0. The van der Waals surface area contributed by atoms with Crippen molar-refractivity contribution in [2.75, 3.05) is 0 Å². The molecule has 1 saturated carbocycles. The minimum atomic E-state index is 0.552. The van der Waals surface area contributed by atoms with E-state index in [-0.39, 0.29) is 0 Å². The normalized spacial score (nSPS) is 13.6. The zero-order valence-corrected chi connectivity index (χ0v) is 51.9. The lowest BCUT2D eigenvalue weighted by Gasteiger charge is -2.25. The van der Waals surface area contributed by atoms with Crippen molar-refractivity contribution in [2.24, 2.45) is 0 Å². The average molecular weight is 1210 g/mol. The molecular formula is C87H63N7. The van der Waals surface area contributed by atoms with Gasteiger partial charge in [0.25, 0.3) is 0 Å². The third-order valence-corrected chi connectivity index (χ3v) is 20.3. The number of aromatic nitrogens is 7. The van der Waals surface area contributed by atoms with Crippen LogP contribution in [0.1, 0.15) is 55.8 Å². The first-order valence-corrected chi connectivity index (χ1v) is 33.2. The third-order valence-electron chi connectivity index (χ3n) is 20.3. The Morgan fingerprint density at radius 3 is 1.45 bits per heavy atom. The summed E-state index contributed by atoms with van der Waals surface area (Å²) in [7, 11) is 0. The van der Waals surface area contributed by atoms with E-state index in [0.29, 0.717) is 23.5 Å². The maximum absolute atomic E-state index is 5.27. The highest BCUT2D eigenvalue weighted by atomic mass is 15.0. The second kappa shape index (κ2) is 22.0. The Morgan fingerprint density at radius 2 is 0.766 bits per heavy atom. The van der Waals surface area contributed by atoms with Gasteiger partial charge in [0.1, 0.15) is 0 Å². The second-order valence-electron chi connectivity index (χ2n) is 25.6. The lowest BCUT2D eigenvalue weighted by Crippen LogP contribution is -2.12. The van der Waals surface area contributed by atoms with Crippen molar-refractivity contribution < 1.29 is 0 Å². The average Bonchev–Trinajstić information content (AvgIpc) is 1.59. The molecule has 94 heavy (non-hydrogen) atoms. The van der Waals surface area contributed by atoms with Crippen molar-refractivity contribution in [1.82, 2.24) is 33.2 Å². The fraction of sp³-hybridized carbons (Fsp3) is 0.0920. The van der Waals surface area contributed by atoms with Gasteiger partial charge >= 0.3 is 0 Å². The molecule has 0 atom stereocenters. The van der Waals surface area contributed by atoms with Gasteiger partial charge in [0.05, 0.1) is 33.3 Å². The molecule has 0 radical (unpaired) electrons. The van der Waals surface area contributed by atoms with Crippen LogP contribution < -0.4 is 0 Å². The summed E-state index contributed by atoms with van der Waals surface area (Å²) in [6.45, 7) is 0. The van der Waals surface area contributed by atoms with Crippen molar-refractivity contribution >= 4 is 82.4 Å². The van der Waals surface area contributed by atoms with Gasteiger partial charge in [-0.3, -0.25) is 0 Å². The quantitative estimate of drug-likeness (QED) is 0.137. The number of fused-ring (bicyclic) bond motifs is 12. The fourth-order valence-corrected chi connectivity index (χ4v) is 15.9. The van der Waals surface area contributed by atoms with Gasteiger partial charge in [-0.25, -0.2) is 15.0 Å². The minimum Gasteiger partial charge on any atom is -0.337 e. The first kappa shape index (κ1) is 54.1. The lowest BCUT2D eigenvalue weighted by molar-refractivity contribution is 0.367. The number of para-hydroxylation sites is 5. The van der Waals surface area contributed by atoms with E-state index in [0.717, 1.165) is 79.9 Å². The maximum Gasteiger partial charge on any atom is 0.164 e. The molecule has 12 aromatic carbocycles. The van der Waals surface area contributed by atoms with Gasteiger partial charge in [0.15, 0.2) is 17.5 Å². The van der Waals surface area contributed by atoms with E-state index in [4.69, 9.17) is 15.0 Å². The molecule has 5 heterocycles. The Hall–Kier alpha value is -11.7. The smallest absolute Gasteiger partial charge is 0.164 e. The zero-order valence-electron chi connectivity index (χ0n) is 51.9. The topological polar surface area (TPSA) is 58.4 Å². The SMILES string of the molecule is C1=Cc2c(n(-c3cccc(-c4nc(-c5ccccc5)nc(-c5ccc(-c6ccc(-c7ccc(-n8c9ccccc9c9cc(-c%10ccc%11c(c%10)c%10ccccc%10n%11C%10CCCCC%10)ccc98)cc7)c(-n7c8ccccc8c8ccccc87)c6)cc5)n4)c3)c3ccccc23)CC1. The molecule has 0 unspecified atom stereocenters. The van der Waals surface area contributed by atoms with E-state index in [1.165, 1.54) is 120 Å². The predicted molar refractivity (Wildman–Crippen MR) is 390 cm³/mol. The molecule has 0 bridgehead atoms. The predicted octanol–water partition coefficient (Wildman–Crippen LogP) is 22.6. The van der Waals surface area contributed by atoms with E-state index in [2.05, 4.69) is 291 Å². The Bertz CT molecular complexity index is 5840. The van der Waals surface area contributed by atoms with E-state index < -0.39 is 0 Å². The van der Waals surface area contributed by atoms with Crippen LogP contribution in [-0.2, 0) is 6.42 Å². The number of rotatable bonds is 10. The van der Waals surface area contributed by atoms with Crippen molar-refractivity contribution in [3.8, 4) is 84.6 Å². The van der Waals surface area contributed by atoms with Gasteiger partial charge in [-0.15, -0.1) is 0 Å². The molecule has 5 aromatic heterocycles. The molecule has 446 valence electrons. The van der Waals surface area contributed by atoms with E-state index in [1.807, 2.05) is 18.2 Å². The van der Waals surface area contributed by atoms with Gasteiger partial charge in [-0.05, 0) is 138 Å². The van der Waals surface area contributed by atoms with Crippen LogP contribution in [0.2, 0.25) is 0 Å². The molecule has 2 aliphatic rings. The largest absolute Gasteiger partial charge is 0.337 e. The van der Waals surface area contributed by atoms with Crippen molar-refractivity contribution in [3.63, 3.8) is 0 Å². The Kier molecular flexibility index (Phi) is 12.7. The molecule has 1 fully saturated rings. The number of benzene rings is 12. The highest BCUT2D eigenvalue weighted by Gasteiger charge is 2.24. The highest BCUT2D eigenvalue weighted by Crippen LogP contribution is 2.44. The zero-order chi connectivity index (χ0) is 61.8. The van der Waals surface area contributed by atoms with Crippen LogP contribution in [0.4, 0.5) is 0 Å². The highest BCUT2D eigenvalue weighted by molar-refractivity contribution is 6.13. The van der Waals surface area contributed by atoms with Crippen LogP contribution >= 0.6 is 0 Å². The van der Waals surface area contributed by atoms with E-state index in [1.54, 1.807) is 0 Å². The van der Waals surface area contributed by atoms with Crippen LogP contribution in [0.3, 0.4) is 0 Å². The lowest BCUT2D eigenvalue weighted by atomic mass is 9.95. The van der Waals surface area contributed by atoms with Crippen LogP contribution in [0.5, 0.6) is 0 Å². The summed E-state index contributed by atoms with van der Waals surface area (Å²) in [5.74, 6) is 1.88. The van der Waals surface area contributed by atoms with Crippen molar-refractivity contribution in [1.29, 1.82) is 0 Å². The Balaban J connectivity index is 0.690. The summed E-state index contributed by atoms with van der Waals surface area (Å²) in [5.41, 5.74) is 24.3. The summed E-state index contributed by atoms with van der Waals surface area (Å²) < 4.78 is 9.97. The molecule has 0 aliphatic heterocycles. The van der Waals surface area contributed by atoms with Gasteiger partial charge in [0.2, 0.25) is 0 Å². The molecule has 7 nitrogen and oxygen atoms in total. The summed E-state index contributed by atoms with van der Waals surface area (Å²) in [6.07, 6.45) is 13.0. The monoisotopic (exact) mass is 1210 g/mol. The first-order valence-electron chi connectivity index (χ1n) is 33.2. The van der Waals surface area contributed by atoms with Crippen LogP contribution in [0.15, 0.2) is 285 Å². The fourth-order valence-electron chi connectivity index (χ4n) is 15.9. The number of allylic oxidation sites excluding steroid dienone is 1. The van der Waals surface area contributed by atoms with Gasteiger partial charge < -0.3 is 18.3 Å². The molecule has 0 saturated heterocycles. The van der Waals surface area contributed by atoms with Crippen LogP contribution in [0.25, 0.3) is 167 Å². The molecular weight excluding hydrogens is 1140 g/mol. The molecule has 0 N–H and O–H groups in total. The summed E-state index contributed by atoms with van der Waals surface area (Å²) in [5, 5.41) is 8.88. The number of nitrogens with zero attached hydrogens (tertiary/aromatic N) is 7. The van der Waals surface area contributed by atoms with Crippen LogP contribution in [-0.4, -0.2) is 33.2 Å². The summed E-state index contributed by atoms with van der Waals surface area (Å²) in [6, 6.07) is 103. The molecule has 0 spiro atoms. The number of hydrogen-bond acceptors (Lipinski definition) is 3. The third kappa shape index (κ3) is 8.83. The Labute approximate surface area is 544 Å². The van der Waals surface area contributed by atoms with Gasteiger partial charge in [-0.2, -0.15) is 0 Å². The molecule has 17 aromatic rings. The molecule has 2 aliphatic carbocycles. The van der Waals surface area contributed by atoms with Crippen molar-refractivity contribution in [2.45, 2.75) is 51.0 Å². The minimum absolute atomic E-state index is 0.552. The number of hydrogen-bond donors (Lipinski definition) is 0. The van der Waals surface area contributed by atoms with Crippen molar-refractivity contribution in [3.05, 3.63) is 296 Å². The van der Waals surface area contributed by atoms with Gasteiger partial charge in [-0.1, -0.05) is 226 Å². The standard InChI is InChI=1S/C87H63N7/c1-3-20-58(21-4-1)85-88-86(90-87(89-85)63-22-19-25-66(52-63)93-76-32-13-7-26-68(76)69-27-8-14-33-77(69)93)59-40-38-56(39-41-59)62-44-49-67(84(55-62)94-80-36-17-9-28-70(80)71-29-10-18-37-81(71)94)57-42-47-65(48-43-57)92-79-35-16-12-31-73(79)75-54-61(46-51-83(75)92)60-45-50-82-74(53-60)72-30-11-15-34-78(72)91(82)64-23-5-2-6-24-64/h1,3-4,7-13,15-22,25-32,34-55,64H,2,5-6,14,23-24,33H2. The Morgan fingerprint density at radius 1 is 0.298 bits per heavy atom. The maximum atomic E-state index is 5.27. The van der Waals surface area contributed by atoms with E-state index >= 15 is 0 Å². The van der Waals surface area contributed by atoms with E-state index in [9.17, 15) is 0 Å². The first-order chi connectivity index (χ1) is 46.6. The molecule has 19 rings (SSSR count).